The average Bonchev–Trinajstić information content (AvgIpc) is 3.23. The van der Waals surface area contributed by atoms with Crippen molar-refractivity contribution in [2.45, 2.75) is 25.2 Å². The van der Waals surface area contributed by atoms with Gasteiger partial charge >= 0.3 is 0 Å². The number of thioether (sulfide) groups is 1. The summed E-state index contributed by atoms with van der Waals surface area (Å²) in [6.45, 7) is 2.99. The number of rotatable bonds is 9. The molecule has 1 amide bonds. The van der Waals surface area contributed by atoms with Gasteiger partial charge < -0.3 is 19.4 Å². The van der Waals surface area contributed by atoms with Gasteiger partial charge in [-0.25, -0.2) is 0 Å². The molecule has 0 radical (unpaired) electrons. The number of aromatic nitrogens is 3. The Hall–Kier alpha value is -3.52. The Balaban J connectivity index is 1.34. The Kier molecular flexibility index (Phi) is 6.91. The SMILES string of the molecule is CCn1c(COc2ccc(OC)cc2)nnc1SCC(=O)Nc1ccc2ccccc2c1. The van der Waals surface area contributed by atoms with Gasteiger partial charge in [0, 0.05) is 12.2 Å². The van der Waals surface area contributed by atoms with Gasteiger partial charge in [-0.3, -0.25) is 4.79 Å². The number of fused-ring (bicyclic) bond motifs is 1. The quantitative estimate of drug-likeness (QED) is 0.372. The maximum atomic E-state index is 12.5. The lowest BCUT2D eigenvalue weighted by Gasteiger charge is -2.10. The molecule has 0 saturated carbocycles. The Morgan fingerprint density at radius 3 is 2.50 bits per heavy atom. The number of hydrogen-bond acceptors (Lipinski definition) is 6. The third kappa shape index (κ3) is 5.20. The highest BCUT2D eigenvalue weighted by atomic mass is 32.2. The van der Waals surface area contributed by atoms with E-state index in [4.69, 9.17) is 9.47 Å². The highest BCUT2D eigenvalue weighted by Crippen LogP contribution is 2.22. The van der Waals surface area contributed by atoms with Gasteiger partial charge in [-0.1, -0.05) is 42.1 Å². The monoisotopic (exact) mass is 448 g/mol. The Bertz CT molecular complexity index is 1210. The number of methoxy groups -OCH3 is 1. The smallest absolute Gasteiger partial charge is 0.234 e. The van der Waals surface area contributed by atoms with Crippen molar-refractivity contribution in [3.63, 3.8) is 0 Å². The molecule has 0 atom stereocenters. The summed E-state index contributed by atoms with van der Waals surface area (Å²) in [7, 11) is 1.63. The molecule has 0 aliphatic heterocycles. The van der Waals surface area contributed by atoms with Crippen molar-refractivity contribution in [3.05, 3.63) is 72.6 Å². The number of amides is 1. The molecule has 32 heavy (non-hydrogen) atoms. The van der Waals surface area contributed by atoms with E-state index in [-0.39, 0.29) is 18.3 Å². The van der Waals surface area contributed by atoms with Crippen LogP contribution in [0.15, 0.2) is 71.9 Å². The van der Waals surface area contributed by atoms with Crippen LogP contribution in [-0.2, 0) is 17.9 Å². The maximum absolute atomic E-state index is 12.5. The first-order valence-corrected chi connectivity index (χ1v) is 11.2. The van der Waals surface area contributed by atoms with Gasteiger partial charge in [-0.05, 0) is 54.1 Å². The van der Waals surface area contributed by atoms with Crippen molar-refractivity contribution in [2.75, 3.05) is 18.2 Å². The number of nitrogens with one attached hydrogen (secondary N) is 1. The maximum Gasteiger partial charge on any atom is 0.234 e. The second-order valence-corrected chi connectivity index (χ2v) is 7.95. The van der Waals surface area contributed by atoms with E-state index < -0.39 is 0 Å². The standard InChI is InChI=1S/C24H24N4O3S/c1-3-28-22(15-31-21-12-10-20(30-2)11-13-21)26-27-24(28)32-16-23(29)25-19-9-8-17-6-4-5-7-18(17)14-19/h4-14H,3,15-16H2,1-2H3,(H,25,29). The van der Waals surface area contributed by atoms with Crippen LogP contribution in [0.2, 0.25) is 0 Å². The van der Waals surface area contributed by atoms with Crippen LogP contribution in [-0.4, -0.2) is 33.5 Å². The van der Waals surface area contributed by atoms with Gasteiger partial charge in [0.15, 0.2) is 11.0 Å². The van der Waals surface area contributed by atoms with E-state index in [0.29, 0.717) is 17.5 Å². The summed E-state index contributed by atoms with van der Waals surface area (Å²) in [6, 6.07) is 21.3. The van der Waals surface area contributed by atoms with Gasteiger partial charge in [-0.15, -0.1) is 10.2 Å². The fourth-order valence-electron chi connectivity index (χ4n) is 3.26. The summed E-state index contributed by atoms with van der Waals surface area (Å²) >= 11 is 1.36. The van der Waals surface area contributed by atoms with Gasteiger partial charge in [0.25, 0.3) is 0 Å². The van der Waals surface area contributed by atoms with Crippen molar-refractivity contribution < 1.29 is 14.3 Å². The summed E-state index contributed by atoms with van der Waals surface area (Å²) < 4.78 is 12.9. The number of hydrogen-bond donors (Lipinski definition) is 1. The largest absolute Gasteiger partial charge is 0.497 e. The topological polar surface area (TPSA) is 78.3 Å². The minimum Gasteiger partial charge on any atom is -0.497 e. The highest BCUT2D eigenvalue weighted by molar-refractivity contribution is 7.99. The molecule has 4 aromatic rings. The van der Waals surface area contributed by atoms with E-state index in [1.54, 1.807) is 7.11 Å². The molecule has 3 aromatic carbocycles. The molecular formula is C24H24N4O3S. The molecule has 0 unspecified atom stereocenters. The van der Waals surface area contributed by atoms with E-state index in [1.807, 2.05) is 78.2 Å². The zero-order chi connectivity index (χ0) is 22.3. The minimum absolute atomic E-state index is 0.0908. The second kappa shape index (κ2) is 10.2. The van der Waals surface area contributed by atoms with Crippen LogP contribution < -0.4 is 14.8 Å². The first kappa shape index (κ1) is 21.7. The van der Waals surface area contributed by atoms with Crippen molar-refractivity contribution in [3.8, 4) is 11.5 Å². The van der Waals surface area contributed by atoms with Crippen molar-refractivity contribution in [1.29, 1.82) is 0 Å². The number of carbonyl (C=O) groups is 1. The fraction of sp³-hybridized carbons (Fsp3) is 0.208. The first-order valence-electron chi connectivity index (χ1n) is 10.3. The van der Waals surface area contributed by atoms with Gasteiger partial charge in [0.2, 0.25) is 5.91 Å². The van der Waals surface area contributed by atoms with E-state index in [2.05, 4.69) is 15.5 Å². The molecule has 1 aromatic heterocycles. The Labute approximate surface area is 190 Å². The third-order valence-electron chi connectivity index (χ3n) is 4.90. The fourth-order valence-corrected chi connectivity index (χ4v) is 4.09. The molecule has 0 saturated heterocycles. The van der Waals surface area contributed by atoms with E-state index >= 15 is 0 Å². The highest BCUT2D eigenvalue weighted by Gasteiger charge is 2.14. The summed E-state index contributed by atoms with van der Waals surface area (Å²) in [5, 5.41) is 14.4. The molecule has 1 N–H and O–H groups in total. The van der Waals surface area contributed by atoms with E-state index in [0.717, 1.165) is 28.0 Å². The molecular weight excluding hydrogens is 424 g/mol. The molecule has 0 bridgehead atoms. The van der Waals surface area contributed by atoms with Crippen LogP contribution in [0.1, 0.15) is 12.7 Å². The van der Waals surface area contributed by atoms with Crippen LogP contribution >= 0.6 is 11.8 Å². The van der Waals surface area contributed by atoms with Crippen LogP contribution in [0.25, 0.3) is 10.8 Å². The zero-order valence-corrected chi connectivity index (χ0v) is 18.8. The molecule has 8 heteroatoms. The number of benzene rings is 3. The van der Waals surface area contributed by atoms with Crippen LogP contribution in [0, 0.1) is 0 Å². The van der Waals surface area contributed by atoms with E-state index in [9.17, 15) is 4.79 Å². The predicted molar refractivity (Wildman–Crippen MR) is 126 cm³/mol. The molecule has 0 aliphatic carbocycles. The molecule has 1 heterocycles. The summed E-state index contributed by atoms with van der Waals surface area (Å²) in [6.07, 6.45) is 0. The lowest BCUT2D eigenvalue weighted by molar-refractivity contribution is -0.113. The second-order valence-electron chi connectivity index (χ2n) is 7.01. The number of carbonyl (C=O) groups excluding carboxylic acids is 1. The lowest BCUT2D eigenvalue weighted by Crippen LogP contribution is -2.15. The Morgan fingerprint density at radius 1 is 1.00 bits per heavy atom. The molecule has 0 spiro atoms. The van der Waals surface area contributed by atoms with Gasteiger partial charge in [0.1, 0.15) is 18.1 Å². The van der Waals surface area contributed by atoms with Crippen molar-refractivity contribution >= 4 is 34.1 Å². The number of nitrogens with zero attached hydrogens (tertiary/aromatic N) is 3. The minimum atomic E-state index is -0.0908. The predicted octanol–water partition coefficient (Wildman–Crippen LogP) is 4.77. The molecule has 4 rings (SSSR count). The normalized spacial score (nSPS) is 10.8. The average molecular weight is 449 g/mol. The van der Waals surface area contributed by atoms with Crippen molar-refractivity contribution in [2.24, 2.45) is 0 Å². The molecule has 7 nitrogen and oxygen atoms in total. The van der Waals surface area contributed by atoms with E-state index in [1.165, 1.54) is 11.8 Å². The molecule has 0 fully saturated rings. The summed E-state index contributed by atoms with van der Waals surface area (Å²) in [5.74, 6) is 2.35. The number of anilines is 1. The van der Waals surface area contributed by atoms with Gasteiger partial charge in [-0.2, -0.15) is 0 Å². The molecule has 164 valence electrons. The van der Waals surface area contributed by atoms with Gasteiger partial charge in [0.05, 0.1) is 12.9 Å². The number of ether oxygens (including phenoxy) is 2. The third-order valence-corrected chi connectivity index (χ3v) is 5.87. The lowest BCUT2D eigenvalue weighted by atomic mass is 10.1. The van der Waals surface area contributed by atoms with Crippen LogP contribution in [0.4, 0.5) is 5.69 Å². The van der Waals surface area contributed by atoms with Crippen molar-refractivity contribution in [1.82, 2.24) is 14.8 Å². The Morgan fingerprint density at radius 2 is 1.75 bits per heavy atom. The van der Waals surface area contributed by atoms with Crippen LogP contribution in [0.3, 0.4) is 0 Å². The van der Waals surface area contributed by atoms with Crippen LogP contribution in [0.5, 0.6) is 11.5 Å². The summed E-state index contributed by atoms with van der Waals surface area (Å²) in [5.41, 5.74) is 0.778. The molecule has 0 aliphatic rings. The zero-order valence-electron chi connectivity index (χ0n) is 17.9. The first-order chi connectivity index (χ1) is 15.7. The summed E-state index contributed by atoms with van der Waals surface area (Å²) in [4.78, 5) is 12.5.